The number of aromatic carboxylic acids is 1. The number of carbonyl (C=O) groups is 2. The first kappa shape index (κ1) is 19.6. The summed E-state index contributed by atoms with van der Waals surface area (Å²) < 4.78 is 3.13. The summed E-state index contributed by atoms with van der Waals surface area (Å²) in [4.78, 5) is 36.3. The van der Waals surface area contributed by atoms with Crippen LogP contribution in [-0.2, 0) is 24.3 Å². The van der Waals surface area contributed by atoms with Crippen LogP contribution in [0.25, 0.3) is 10.2 Å². The maximum Gasteiger partial charge on any atom is 0.341 e. The molecule has 0 aliphatic heterocycles. The van der Waals surface area contributed by atoms with Crippen LogP contribution >= 0.6 is 11.3 Å². The molecule has 4 aromatic rings. The van der Waals surface area contributed by atoms with E-state index in [0.29, 0.717) is 22.2 Å². The standard InChI is InChI=1S/C21H17N3O5S/c25-15(8-13-4-2-1-3-5-13)12-23-10-14(9-22-23)11-24-16-6-7-30-19(16)17(21(28)29)18(26)20(24)27/h1-7,9-10,26H,8,11-12H2,(H,28,29). The molecule has 0 amide bonds. The second-order valence-corrected chi connectivity index (χ2v) is 7.72. The molecule has 3 heterocycles. The number of Topliss-reactive ketones (excluding diaryl/α,β-unsaturated/α-hetero) is 1. The average molecular weight is 423 g/mol. The normalized spacial score (nSPS) is 11.1. The number of pyridine rings is 1. The molecular formula is C21H17N3O5S. The molecule has 0 atom stereocenters. The number of thiophene rings is 1. The van der Waals surface area contributed by atoms with Crippen molar-refractivity contribution in [2.24, 2.45) is 0 Å². The molecule has 0 saturated carbocycles. The molecule has 0 saturated heterocycles. The molecule has 152 valence electrons. The van der Waals surface area contributed by atoms with E-state index in [1.54, 1.807) is 23.8 Å². The highest BCUT2D eigenvalue weighted by Crippen LogP contribution is 2.29. The lowest BCUT2D eigenvalue weighted by molar-refractivity contribution is -0.119. The van der Waals surface area contributed by atoms with Gasteiger partial charge in [0.1, 0.15) is 5.56 Å². The summed E-state index contributed by atoms with van der Waals surface area (Å²) in [6, 6.07) is 11.1. The maximum atomic E-state index is 12.6. The van der Waals surface area contributed by atoms with E-state index in [0.717, 1.165) is 16.9 Å². The molecule has 9 heteroatoms. The Morgan fingerprint density at radius 1 is 1.10 bits per heavy atom. The van der Waals surface area contributed by atoms with Gasteiger partial charge >= 0.3 is 5.97 Å². The summed E-state index contributed by atoms with van der Waals surface area (Å²) in [5.74, 6) is -2.14. The highest BCUT2D eigenvalue weighted by Gasteiger charge is 2.22. The van der Waals surface area contributed by atoms with Gasteiger partial charge in [-0.05, 0) is 17.0 Å². The van der Waals surface area contributed by atoms with Crippen molar-refractivity contribution < 1.29 is 19.8 Å². The first-order valence-electron chi connectivity index (χ1n) is 9.07. The predicted molar refractivity (Wildman–Crippen MR) is 111 cm³/mol. The Hall–Kier alpha value is -3.72. The molecule has 30 heavy (non-hydrogen) atoms. The van der Waals surface area contributed by atoms with Crippen molar-refractivity contribution in [2.45, 2.75) is 19.5 Å². The fraction of sp³-hybridized carbons (Fsp3) is 0.143. The Bertz CT molecular complexity index is 1300. The average Bonchev–Trinajstić information content (AvgIpc) is 3.35. The van der Waals surface area contributed by atoms with Crippen molar-refractivity contribution in [2.75, 3.05) is 0 Å². The molecule has 0 bridgehead atoms. The number of rotatable bonds is 7. The number of carboxylic acid groups (broad SMARTS) is 1. The van der Waals surface area contributed by atoms with Crippen molar-refractivity contribution in [1.82, 2.24) is 14.3 Å². The van der Waals surface area contributed by atoms with Gasteiger partial charge in [0.15, 0.2) is 11.5 Å². The Morgan fingerprint density at radius 3 is 2.60 bits per heavy atom. The Balaban J connectivity index is 1.57. The van der Waals surface area contributed by atoms with E-state index >= 15 is 0 Å². The molecule has 0 fully saturated rings. The molecule has 8 nitrogen and oxygen atoms in total. The number of fused-ring (bicyclic) bond motifs is 1. The zero-order valence-corrected chi connectivity index (χ0v) is 16.5. The minimum Gasteiger partial charge on any atom is -0.502 e. The van der Waals surface area contributed by atoms with Crippen LogP contribution in [0.4, 0.5) is 0 Å². The van der Waals surface area contributed by atoms with Crippen LogP contribution in [0.1, 0.15) is 21.5 Å². The lowest BCUT2D eigenvalue weighted by Crippen LogP contribution is -2.22. The molecule has 4 rings (SSSR count). The maximum absolute atomic E-state index is 12.6. The minimum atomic E-state index is -1.35. The molecule has 0 aliphatic carbocycles. The number of aromatic nitrogens is 3. The number of aromatic hydroxyl groups is 1. The van der Waals surface area contributed by atoms with Crippen LogP contribution in [0.15, 0.2) is 59.0 Å². The monoisotopic (exact) mass is 423 g/mol. The Labute approximate surface area is 174 Å². The first-order valence-corrected chi connectivity index (χ1v) is 9.95. The number of hydrogen-bond donors (Lipinski definition) is 2. The van der Waals surface area contributed by atoms with Gasteiger partial charge in [0.2, 0.25) is 0 Å². The van der Waals surface area contributed by atoms with Gasteiger partial charge in [-0.15, -0.1) is 11.3 Å². The van der Waals surface area contributed by atoms with E-state index in [4.69, 9.17) is 0 Å². The van der Waals surface area contributed by atoms with E-state index in [1.807, 2.05) is 30.3 Å². The van der Waals surface area contributed by atoms with Gasteiger partial charge in [-0.1, -0.05) is 30.3 Å². The zero-order valence-electron chi connectivity index (χ0n) is 15.7. The van der Waals surface area contributed by atoms with Crippen molar-refractivity contribution in [3.05, 3.63) is 81.2 Å². The number of benzene rings is 1. The van der Waals surface area contributed by atoms with Crippen LogP contribution < -0.4 is 5.56 Å². The second-order valence-electron chi connectivity index (χ2n) is 6.80. The molecule has 0 unspecified atom stereocenters. The van der Waals surface area contributed by atoms with Gasteiger partial charge in [0.05, 0.1) is 29.5 Å². The third kappa shape index (κ3) is 3.74. The van der Waals surface area contributed by atoms with Gasteiger partial charge in [-0.3, -0.25) is 18.8 Å². The predicted octanol–water partition coefficient (Wildman–Crippen LogP) is 2.52. The van der Waals surface area contributed by atoms with Crippen LogP contribution in [0.3, 0.4) is 0 Å². The van der Waals surface area contributed by atoms with Crippen LogP contribution in [0.2, 0.25) is 0 Å². The summed E-state index contributed by atoms with van der Waals surface area (Å²) in [5, 5.41) is 25.3. The van der Waals surface area contributed by atoms with E-state index in [9.17, 15) is 24.6 Å². The fourth-order valence-electron chi connectivity index (χ4n) is 3.33. The number of hydrogen-bond acceptors (Lipinski definition) is 6. The smallest absolute Gasteiger partial charge is 0.341 e. The van der Waals surface area contributed by atoms with E-state index in [-0.39, 0.29) is 24.4 Å². The number of nitrogens with zero attached hydrogens (tertiary/aromatic N) is 3. The van der Waals surface area contributed by atoms with E-state index < -0.39 is 17.3 Å². The van der Waals surface area contributed by atoms with Gasteiger partial charge in [-0.25, -0.2) is 4.79 Å². The van der Waals surface area contributed by atoms with Gasteiger partial charge in [0.25, 0.3) is 5.56 Å². The third-order valence-corrected chi connectivity index (χ3v) is 5.59. The van der Waals surface area contributed by atoms with Gasteiger partial charge in [0, 0.05) is 18.2 Å². The lowest BCUT2D eigenvalue weighted by Gasteiger charge is -2.09. The fourth-order valence-corrected chi connectivity index (χ4v) is 4.26. The molecule has 1 aromatic carbocycles. The lowest BCUT2D eigenvalue weighted by atomic mass is 10.1. The minimum absolute atomic E-state index is 0.00306. The molecule has 3 aromatic heterocycles. The molecular weight excluding hydrogens is 406 g/mol. The highest BCUT2D eigenvalue weighted by atomic mass is 32.1. The topological polar surface area (TPSA) is 114 Å². The SMILES string of the molecule is O=C(Cc1ccccc1)Cn1cc(Cn2c(=O)c(O)c(C(=O)O)c3sccc32)cn1. The number of ketones is 1. The summed E-state index contributed by atoms with van der Waals surface area (Å²) in [6.07, 6.45) is 3.51. The largest absolute Gasteiger partial charge is 0.502 e. The highest BCUT2D eigenvalue weighted by molar-refractivity contribution is 7.17. The van der Waals surface area contributed by atoms with Crippen molar-refractivity contribution >= 4 is 33.3 Å². The van der Waals surface area contributed by atoms with Crippen LogP contribution in [-0.4, -0.2) is 36.3 Å². The quantitative estimate of drug-likeness (QED) is 0.472. The summed E-state index contributed by atoms with van der Waals surface area (Å²) in [5.41, 5.74) is 0.831. The van der Waals surface area contributed by atoms with Crippen molar-refractivity contribution in [1.29, 1.82) is 0 Å². The second kappa shape index (κ2) is 7.96. The van der Waals surface area contributed by atoms with Crippen molar-refractivity contribution in [3.63, 3.8) is 0 Å². The third-order valence-electron chi connectivity index (χ3n) is 4.67. The molecule has 0 aliphatic rings. The van der Waals surface area contributed by atoms with E-state index in [2.05, 4.69) is 5.10 Å². The Morgan fingerprint density at radius 2 is 1.87 bits per heavy atom. The summed E-state index contributed by atoms with van der Waals surface area (Å²) in [6.45, 7) is 0.188. The number of carbonyl (C=O) groups excluding carboxylic acids is 1. The molecule has 0 spiro atoms. The van der Waals surface area contributed by atoms with Gasteiger partial charge < -0.3 is 10.2 Å². The zero-order chi connectivity index (χ0) is 21.3. The Kier molecular flexibility index (Phi) is 5.20. The number of carboxylic acids is 1. The van der Waals surface area contributed by atoms with E-state index in [1.165, 1.54) is 9.25 Å². The molecule has 0 radical (unpaired) electrons. The van der Waals surface area contributed by atoms with Crippen molar-refractivity contribution in [3.8, 4) is 5.75 Å². The first-order chi connectivity index (χ1) is 14.4. The summed E-state index contributed by atoms with van der Waals surface area (Å²) in [7, 11) is 0. The van der Waals surface area contributed by atoms with Gasteiger partial charge in [-0.2, -0.15) is 5.10 Å². The summed E-state index contributed by atoms with van der Waals surface area (Å²) >= 11 is 1.14. The van der Waals surface area contributed by atoms with Crippen LogP contribution in [0, 0.1) is 0 Å². The van der Waals surface area contributed by atoms with Crippen LogP contribution in [0.5, 0.6) is 5.75 Å². The molecule has 2 N–H and O–H groups in total.